The molecule has 1 saturated carbocycles. The van der Waals surface area contributed by atoms with Crippen LogP contribution in [0.3, 0.4) is 0 Å². The molecular weight excluding hydrogens is 282 g/mol. The second kappa shape index (κ2) is 5.16. The molecule has 0 radical (unpaired) electrons. The third-order valence-electron chi connectivity index (χ3n) is 5.27. The van der Waals surface area contributed by atoms with Crippen LogP contribution in [0.2, 0.25) is 0 Å². The molecule has 1 amide bonds. The zero-order valence-electron chi connectivity index (χ0n) is 12.6. The molecular formula is C17H21NO4. The first-order valence-electron chi connectivity index (χ1n) is 8.07. The lowest BCUT2D eigenvalue weighted by atomic mass is 9.81. The highest BCUT2D eigenvalue weighted by Gasteiger charge is 2.38. The first kappa shape index (κ1) is 13.9. The molecule has 22 heavy (non-hydrogen) atoms. The first-order valence-corrected chi connectivity index (χ1v) is 8.07. The monoisotopic (exact) mass is 303 g/mol. The molecule has 0 aromatic heterocycles. The smallest absolute Gasteiger partial charge is 0.231 e. The van der Waals surface area contributed by atoms with E-state index in [1.807, 2.05) is 23.1 Å². The number of aliphatic hydroxyl groups is 1. The summed E-state index contributed by atoms with van der Waals surface area (Å²) in [5.74, 6) is 1.93. The van der Waals surface area contributed by atoms with E-state index >= 15 is 0 Å². The van der Waals surface area contributed by atoms with Crippen molar-refractivity contribution >= 4 is 5.91 Å². The van der Waals surface area contributed by atoms with Crippen LogP contribution in [0.25, 0.3) is 0 Å². The van der Waals surface area contributed by atoms with Crippen LogP contribution in [-0.2, 0) is 10.4 Å². The minimum atomic E-state index is -0.878. The van der Waals surface area contributed by atoms with Crippen molar-refractivity contribution in [1.82, 2.24) is 4.90 Å². The van der Waals surface area contributed by atoms with Gasteiger partial charge in [0.2, 0.25) is 12.7 Å². The summed E-state index contributed by atoms with van der Waals surface area (Å²) in [5, 5.41) is 10.9. The van der Waals surface area contributed by atoms with E-state index < -0.39 is 5.60 Å². The SMILES string of the molecule is O=C(C1CCC1)N1CCC(O)(c2ccc3c(c2)OCO3)CC1. The van der Waals surface area contributed by atoms with Crippen molar-refractivity contribution in [3.05, 3.63) is 23.8 Å². The minimum Gasteiger partial charge on any atom is -0.454 e. The Hall–Kier alpha value is -1.75. The number of nitrogens with zero attached hydrogens (tertiary/aromatic N) is 1. The number of likely N-dealkylation sites (tertiary alicyclic amines) is 1. The van der Waals surface area contributed by atoms with Gasteiger partial charge in [0.15, 0.2) is 11.5 Å². The number of piperidine rings is 1. The van der Waals surface area contributed by atoms with Crippen LogP contribution in [0, 0.1) is 5.92 Å². The molecule has 3 aliphatic rings. The molecule has 2 aliphatic heterocycles. The number of ether oxygens (including phenoxy) is 2. The van der Waals surface area contributed by atoms with Gasteiger partial charge in [-0.2, -0.15) is 0 Å². The van der Waals surface area contributed by atoms with Gasteiger partial charge in [-0.15, -0.1) is 0 Å². The zero-order chi connectivity index (χ0) is 15.2. The molecule has 5 heteroatoms. The van der Waals surface area contributed by atoms with Gasteiger partial charge in [-0.25, -0.2) is 0 Å². The van der Waals surface area contributed by atoms with Crippen LogP contribution < -0.4 is 9.47 Å². The molecule has 118 valence electrons. The van der Waals surface area contributed by atoms with Crippen LogP contribution >= 0.6 is 0 Å². The summed E-state index contributed by atoms with van der Waals surface area (Å²) in [6.07, 6.45) is 4.38. The van der Waals surface area contributed by atoms with Gasteiger partial charge in [0.25, 0.3) is 0 Å². The maximum atomic E-state index is 12.3. The molecule has 5 nitrogen and oxygen atoms in total. The summed E-state index contributed by atoms with van der Waals surface area (Å²) >= 11 is 0. The van der Waals surface area contributed by atoms with Crippen LogP contribution in [0.1, 0.15) is 37.7 Å². The number of benzene rings is 1. The quantitative estimate of drug-likeness (QED) is 0.908. The van der Waals surface area contributed by atoms with Gasteiger partial charge in [-0.3, -0.25) is 4.79 Å². The Labute approximate surface area is 129 Å². The molecule has 0 spiro atoms. The van der Waals surface area contributed by atoms with Crippen LogP contribution in [-0.4, -0.2) is 35.8 Å². The van der Waals surface area contributed by atoms with Gasteiger partial charge < -0.3 is 19.5 Å². The van der Waals surface area contributed by atoms with Gasteiger partial charge in [0.05, 0.1) is 5.60 Å². The Bertz CT molecular complexity index is 588. The molecule has 0 unspecified atom stereocenters. The Balaban J connectivity index is 1.46. The van der Waals surface area contributed by atoms with Crippen molar-refractivity contribution in [1.29, 1.82) is 0 Å². The average Bonchev–Trinajstić information content (AvgIpc) is 2.93. The lowest BCUT2D eigenvalue weighted by Crippen LogP contribution is -2.48. The van der Waals surface area contributed by atoms with Crippen molar-refractivity contribution in [3.63, 3.8) is 0 Å². The molecule has 1 aliphatic carbocycles. The van der Waals surface area contributed by atoms with E-state index in [9.17, 15) is 9.90 Å². The summed E-state index contributed by atoms with van der Waals surface area (Å²) < 4.78 is 10.7. The van der Waals surface area contributed by atoms with E-state index in [0.29, 0.717) is 31.7 Å². The summed E-state index contributed by atoms with van der Waals surface area (Å²) in [6, 6.07) is 5.62. The maximum Gasteiger partial charge on any atom is 0.231 e. The van der Waals surface area contributed by atoms with E-state index in [4.69, 9.17) is 9.47 Å². The van der Waals surface area contributed by atoms with E-state index in [1.54, 1.807) is 0 Å². The number of fused-ring (bicyclic) bond motifs is 1. The van der Waals surface area contributed by atoms with E-state index in [1.165, 1.54) is 6.42 Å². The highest BCUT2D eigenvalue weighted by Crippen LogP contribution is 2.40. The lowest BCUT2D eigenvalue weighted by molar-refractivity contribution is -0.142. The van der Waals surface area contributed by atoms with Gasteiger partial charge in [-0.05, 0) is 43.4 Å². The average molecular weight is 303 g/mol. The van der Waals surface area contributed by atoms with Gasteiger partial charge >= 0.3 is 0 Å². The number of rotatable bonds is 2. The second-order valence-corrected chi connectivity index (χ2v) is 6.55. The van der Waals surface area contributed by atoms with E-state index in [0.717, 1.165) is 24.2 Å². The van der Waals surface area contributed by atoms with E-state index in [-0.39, 0.29) is 18.6 Å². The topological polar surface area (TPSA) is 59.0 Å². The van der Waals surface area contributed by atoms with Crippen molar-refractivity contribution in [3.8, 4) is 11.5 Å². The predicted molar refractivity (Wildman–Crippen MR) is 79.6 cm³/mol. The van der Waals surface area contributed by atoms with Crippen LogP contribution in [0.5, 0.6) is 11.5 Å². The normalized spacial score (nSPS) is 23.2. The van der Waals surface area contributed by atoms with Crippen molar-refractivity contribution in [2.24, 2.45) is 5.92 Å². The minimum absolute atomic E-state index is 0.233. The summed E-state index contributed by atoms with van der Waals surface area (Å²) in [4.78, 5) is 14.2. The first-order chi connectivity index (χ1) is 10.7. The second-order valence-electron chi connectivity index (χ2n) is 6.55. The predicted octanol–water partition coefficient (Wildman–Crippen LogP) is 2.03. The van der Waals surface area contributed by atoms with Crippen LogP contribution in [0.4, 0.5) is 0 Å². The Morgan fingerprint density at radius 2 is 1.91 bits per heavy atom. The summed E-state index contributed by atoms with van der Waals surface area (Å²) in [7, 11) is 0. The fourth-order valence-corrected chi connectivity index (χ4v) is 3.49. The Morgan fingerprint density at radius 1 is 1.18 bits per heavy atom. The standard InChI is InChI=1S/C17H21NO4/c19-16(12-2-1-3-12)18-8-6-17(20,7-9-18)13-4-5-14-15(10-13)22-11-21-14/h4-5,10,12,20H,1-3,6-9,11H2. The number of hydrogen-bond acceptors (Lipinski definition) is 4. The molecule has 2 fully saturated rings. The van der Waals surface area contributed by atoms with Crippen molar-refractivity contribution < 1.29 is 19.4 Å². The molecule has 0 bridgehead atoms. The third-order valence-corrected chi connectivity index (χ3v) is 5.27. The fraction of sp³-hybridized carbons (Fsp3) is 0.588. The van der Waals surface area contributed by atoms with Crippen LogP contribution in [0.15, 0.2) is 18.2 Å². The maximum absolute atomic E-state index is 12.3. The Morgan fingerprint density at radius 3 is 2.59 bits per heavy atom. The summed E-state index contributed by atoms with van der Waals surface area (Å²) in [6.45, 7) is 1.49. The van der Waals surface area contributed by atoms with Gasteiger partial charge in [0.1, 0.15) is 0 Å². The number of hydrogen-bond donors (Lipinski definition) is 1. The lowest BCUT2D eigenvalue weighted by Gasteiger charge is -2.41. The third kappa shape index (κ3) is 2.24. The Kier molecular flexibility index (Phi) is 3.26. The zero-order valence-corrected chi connectivity index (χ0v) is 12.6. The molecule has 2 heterocycles. The fourth-order valence-electron chi connectivity index (χ4n) is 3.49. The number of amides is 1. The molecule has 0 atom stereocenters. The molecule has 4 rings (SSSR count). The molecule has 1 saturated heterocycles. The molecule has 1 aromatic carbocycles. The highest BCUT2D eigenvalue weighted by molar-refractivity contribution is 5.79. The molecule has 1 aromatic rings. The van der Waals surface area contributed by atoms with Gasteiger partial charge in [-0.1, -0.05) is 12.5 Å². The largest absolute Gasteiger partial charge is 0.454 e. The van der Waals surface area contributed by atoms with Crippen molar-refractivity contribution in [2.75, 3.05) is 19.9 Å². The highest BCUT2D eigenvalue weighted by atomic mass is 16.7. The van der Waals surface area contributed by atoms with Gasteiger partial charge in [0, 0.05) is 19.0 Å². The number of carbonyl (C=O) groups excluding carboxylic acids is 1. The summed E-state index contributed by atoms with van der Waals surface area (Å²) in [5.41, 5.74) is -0.0234. The van der Waals surface area contributed by atoms with Crippen molar-refractivity contribution in [2.45, 2.75) is 37.7 Å². The number of carbonyl (C=O) groups is 1. The van der Waals surface area contributed by atoms with E-state index in [2.05, 4.69) is 0 Å². The molecule has 1 N–H and O–H groups in total.